The molecule has 2 heterocycles. The van der Waals surface area contributed by atoms with Crippen LogP contribution in [0.4, 0.5) is 0 Å². The lowest BCUT2D eigenvalue weighted by molar-refractivity contribution is -0.305. The Morgan fingerprint density at radius 1 is 1.26 bits per heavy atom. The number of carbonyl (C=O) groups excluding carboxylic acids is 1. The van der Waals surface area contributed by atoms with Gasteiger partial charge in [-0.25, -0.2) is 0 Å². The van der Waals surface area contributed by atoms with E-state index in [4.69, 9.17) is 14.2 Å². The highest BCUT2D eigenvalue weighted by atomic mass is 16.7. The highest BCUT2D eigenvalue weighted by Crippen LogP contribution is 2.34. The average Bonchev–Trinajstić information content (AvgIpc) is 2.73. The Balaban J connectivity index is 1.86. The van der Waals surface area contributed by atoms with Gasteiger partial charge >= 0.3 is 0 Å². The van der Waals surface area contributed by atoms with Crippen LogP contribution in [0.2, 0.25) is 0 Å². The highest BCUT2D eigenvalue weighted by molar-refractivity contribution is 5.73. The SMILES string of the molecule is COC1[C@@H](O)[C@@H](O)[C@@H](Oc2ccc(CCNC(C)=O)c(-c3cccnc3)c2)OC1(C)C. The lowest BCUT2D eigenvalue weighted by Crippen LogP contribution is -2.63. The first-order chi connectivity index (χ1) is 14.7. The van der Waals surface area contributed by atoms with E-state index >= 15 is 0 Å². The minimum absolute atomic E-state index is 0.0816. The van der Waals surface area contributed by atoms with Gasteiger partial charge in [0.25, 0.3) is 0 Å². The molecule has 0 aliphatic carbocycles. The summed E-state index contributed by atoms with van der Waals surface area (Å²) in [6, 6.07) is 9.32. The van der Waals surface area contributed by atoms with Crippen LogP contribution in [0, 0.1) is 0 Å². The maximum atomic E-state index is 11.2. The van der Waals surface area contributed by atoms with Gasteiger partial charge in [-0.3, -0.25) is 9.78 Å². The molecular weight excluding hydrogens is 400 g/mol. The monoisotopic (exact) mass is 430 g/mol. The van der Waals surface area contributed by atoms with Crippen molar-refractivity contribution in [3.05, 3.63) is 48.3 Å². The Bertz CT molecular complexity index is 889. The third kappa shape index (κ3) is 5.40. The molecule has 1 aliphatic heterocycles. The fourth-order valence-corrected chi connectivity index (χ4v) is 3.85. The number of hydrogen-bond donors (Lipinski definition) is 3. The Labute approximate surface area is 182 Å². The Kier molecular flexibility index (Phi) is 7.27. The van der Waals surface area contributed by atoms with Crippen molar-refractivity contribution in [3.8, 4) is 16.9 Å². The van der Waals surface area contributed by atoms with Crippen LogP contribution in [0.1, 0.15) is 26.3 Å². The summed E-state index contributed by atoms with van der Waals surface area (Å²) in [5.74, 6) is 0.395. The van der Waals surface area contributed by atoms with Gasteiger partial charge in [0.15, 0.2) is 0 Å². The topological polar surface area (TPSA) is 110 Å². The summed E-state index contributed by atoms with van der Waals surface area (Å²) in [5, 5.41) is 23.8. The molecule has 1 aromatic carbocycles. The van der Waals surface area contributed by atoms with Crippen LogP contribution < -0.4 is 10.1 Å². The number of carbonyl (C=O) groups is 1. The summed E-state index contributed by atoms with van der Waals surface area (Å²) in [7, 11) is 1.47. The van der Waals surface area contributed by atoms with Gasteiger partial charge in [0, 0.05) is 38.5 Å². The van der Waals surface area contributed by atoms with Gasteiger partial charge < -0.3 is 29.7 Å². The zero-order chi connectivity index (χ0) is 22.6. The van der Waals surface area contributed by atoms with Gasteiger partial charge in [0.2, 0.25) is 12.2 Å². The normalized spacial score (nSPS) is 25.1. The molecule has 168 valence electrons. The van der Waals surface area contributed by atoms with Crippen LogP contribution in [0.15, 0.2) is 42.7 Å². The molecule has 1 unspecified atom stereocenters. The Morgan fingerprint density at radius 3 is 2.68 bits per heavy atom. The predicted octanol–water partition coefficient (Wildman–Crippen LogP) is 1.68. The fourth-order valence-electron chi connectivity index (χ4n) is 3.85. The maximum Gasteiger partial charge on any atom is 0.229 e. The van der Waals surface area contributed by atoms with E-state index in [1.807, 2.05) is 24.3 Å². The van der Waals surface area contributed by atoms with E-state index in [0.717, 1.165) is 16.7 Å². The fraction of sp³-hybridized carbons (Fsp3) is 0.478. The number of rotatable bonds is 7. The van der Waals surface area contributed by atoms with Crippen molar-refractivity contribution in [1.82, 2.24) is 10.3 Å². The number of methoxy groups -OCH3 is 1. The highest BCUT2D eigenvalue weighted by Gasteiger charge is 2.50. The van der Waals surface area contributed by atoms with E-state index in [-0.39, 0.29) is 5.91 Å². The van der Waals surface area contributed by atoms with Crippen molar-refractivity contribution in [3.63, 3.8) is 0 Å². The van der Waals surface area contributed by atoms with E-state index in [9.17, 15) is 15.0 Å². The summed E-state index contributed by atoms with van der Waals surface area (Å²) >= 11 is 0. The molecule has 1 aromatic heterocycles. The second-order valence-electron chi connectivity index (χ2n) is 8.14. The number of ether oxygens (including phenoxy) is 3. The minimum atomic E-state index is -1.28. The largest absolute Gasteiger partial charge is 0.462 e. The number of nitrogens with zero attached hydrogens (tertiary/aromatic N) is 1. The lowest BCUT2D eigenvalue weighted by atomic mass is 9.89. The molecule has 3 N–H and O–H groups in total. The van der Waals surface area contributed by atoms with Gasteiger partial charge in [-0.1, -0.05) is 12.1 Å². The average molecular weight is 431 g/mol. The van der Waals surface area contributed by atoms with E-state index < -0.39 is 30.2 Å². The van der Waals surface area contributed by atoms with E-state index in [1.165, 1.54) is 14.0 Å². The summed E-state index contributed by atoms with van der Waals surface area (Å²) in [6.07, 6.45) is -0.111. The van der Waals surface area contributed by atoms with E-state index in [2.05, 4.69) is 10.3 Å². The van der Waals surface area contributed by atoms with E-state index in [0.29, 0.717) is 18.7 Å². The van der Waals surface area contributed by atoms with Gasteiger partial charge in [-0.05, 0) is 49.6 Å². The van der Waals surface area contributed by atoms with Crippen molar-refractivity contribution < 1.29 is 29.2 Å². The number of aliphatic hydroxyl groups excluding tert-OH is 2. The second kappa shape index (κ2) is 9.74. The Hall–Kier alpha value is -2.52. The summed E-state index contributed by atoms with van der Waals surface area (Å²) < 4.78 is 17.2. The molecule has 8 heteroatoms. The van der Waals surface area contributed by atoms with Gasteiger partial charge in [0.05, 0.1) is 5.60 Å². The summed E-state index contributed by atoms with van der Waals surface area (Å²) in [4.78, 5) is 15.4. The molecule has 2 aromatic rings. The molecule has 8 nitrogen and oxygen atoms in total. The standard InChI is InChI=1S/C23H30N2O6/c1-14(26)25-11-9-15-7-8-17(12-18(15)16-6-5-10-24-13-16)30-22-20(28)19(27)21(29-4)23(2,3)31-22/h5-8,10,12-13,19-22,27-28H,9,11H2,1-4H3,(H,25,26)/t19-,20+,21?,22-/m0/s1. The molecule has 0 radical (unpaired) electrons. The third-order valence-electron chi connectivity index (χ3n) is 5.37. The lowest BCUT2D eigenvalue weighted by Gasteiger charge is -2.46. The molecule has 4 atom stereocenters. The minimum Gasteiger partial charge on any atom is -0.462 e. The smallest absolute Gasteiger partial charge is 0.229 e. The number of aromatic nitrogens is 1. The molecule has 0 bridgehead atoms. The van der Waals surface area contributed by atoms with Gasteiger partial charge in [0.1, 0.15) is 24.1 Å². The predicted molar refractivity (Wildman–Crippen MR) is 114 cm³/mol. The number of hydrogen-bond acceptors (Lipinski definition) is 7. The second-order valence-corrected chi connectivity index (χ2v) is 8.14. The van der Waals surface area contributed by atoms with E-state index in [1.54, 1.807) is 32.3 Å². The third-order valence-corrected chi connectivity index (χ3v) is 5.37. The van der Waals surface area contributed by atoms with Crippen LogP contribution in [-0.4, -0.2) is 65.0 Å². The van der Waals surface area contributed by atoms with Crippen LogP contribution in [0.25, 0.3) is 11.1 Å². The molecule has 1 amide bonds. The first kappa shape index (κ1) is 23.1. The molecule has 1 saturated heterocycles. The number of amides is 1. The van der Waals surface area contributed by atoms with Crippen molar-refractivity contribution in [2.75, 3.05) is 13.7 Å². The maximum absolute atomic E-state index is 11.2. The number of nitrogens with one attached hydrogen (secondary N) is 1. The first-order valence-corrected chi connectivity index (χ1v) is 10.2. The summed E-state index contributed by atoms with van der Waals surface area (Å²) in [6.45, 7) is 5.54. The molecule has 0 spiro atoms. The quantitative estimate of drug-likeness (QED) is 0.613. The van der Waals surface area contributed by atoms with Crippen molar-refractivity contribution in [2.45, 2.75) is 57.4 Å². The molecule has 1 fully saturated rings. The van der Waals surface area contributed by atoms with Crippen LogP contribution in [-0.2, 0) is 20.7 Å². The van der Waals surface area contributed by atoms with Crippen molar-refractivity contribution in [2.24, 2.45) is 0 Å². The molecule has 0 saturated carbocycles. The summed E-state index contributed by atoms with van der Waals surface area (Å²) in [5.41, 5.74) is 1.95. The van der Waals surface area contributed by atoms with Crippen LogP contribution in [0.3, 0.4) is 0 Å². The van der Waals surface area contributed by atoms with Gasteiger partial charge in [-0.2, -0.15) is 0 Å². The first-order valence-electron chi connectivity index (χ1n) is 10.2. The number of aliphatic hydroxyl groups is 2. The molecule has 1 aliphatic rings. The van der Waals surface area contributed by atoms with Crippen LogP contribution in [0.5, 0.6) is 5.75 Å². The van der Waals surface area contributed by atoms with Crippen molar-refractivity contribution in [1.29, 1.82) is 0 Å². The molecular formula is C23H30N2O6. The van der Waals surface area contributed by atoms with Crippen molar-refractivity contribution >= 4 is 5.91 Å². The van der Waals surface area contributed by atoms with Gasteiger partial charge in [-0.15, -0.1) is 0 Å². The van der Waals surface area contributed by atoms with Crippen LogP contribution >= 0.6 is 0 Å². The zero-order valence-corrected chi connectivity index (χ0v) is 18.2. The molecule has 31 heavy (non-hydrogen) atoms. The zero-order valence-electron chi connectivity index (χ0n) is 18.2. The Morgan fingerprint density at radius 2 is 2.03 bits per heavy atom. The molecule has 3 rings (SSSR count). The number of pyridine rings is 1. The number of benzene rings is 1.